The van der Waals surface area contributed by atoms with Crippen molar-refractivity contribution in [2.75, 3.05) is 5.32 Å². The van der Waals surface area contributed by atoms with Crippen LogP contribution < -0.4 is 5.32 Å². The molecule has 27 heavy (non-hydrogen) atoms. The molecule has 0 saturated heterocycles. The number of alkyl halides is 3. The van der Waals surface area contributed by atoms with Crippen LogP contribution in [0.5, 0.6) is 0 Å². The Morgan fingerprint density at radius 2 is 1.67 bits per heavy atom. The summed E-state index contributed by atoms with van der Waals surface area (Å²) >= 11 is 0. The molecule has 2 aromatic heterocycles. The summed E-state index contributed by atoms with van der Waals surface area (Å²) in [7, 11) is 0. The van der Waals surface area contributed by atoms with Crippen LogP contribution in [0.25, 0.3) is 22.5 Å². The van der Waals surface area contributed by atoms with Crippen LogP contribution in [-0.2, 0) is 6.18 Å². The molecule has 1 aromatic carbocycles. The number of benzene rings is 1. The number of aryl methyl sites for hydroxylation is 1. The quantitative estimate of drug-likeness (QED) is 0.698. The van der Waals surface area contributed by atoms with Gasteiger partial charge < -0.3 is 5.11 Å². The first kappa shape index (κ1) is 18.3. The van der Waals surface area contributed by atoms with E-state index in [1.165, 1.54) is 0 Å². The first-order valence-electron chi connectivity index (χ1n) is 7.72. The van der Waals surface area contributed by atoms with Gasteiger partial charge in [0.2, 0.25) is 5.82 Å². The molecule has 1 amide bonds. The lowest BCUT2D eigenvalue weighted by atomic mass is 10.0. The number of rotatable bonds is 3. The predicted octanol–water partition coefficient (Wildman–Crippen LogP) is 4.62. The van der Waals surface area contributed by atoms with Crippen molar-refractivity contribution in [3.05, 3.63) is 60.2 Å². The maximum absolute atomic E-state index is 12.7. The van der Waals surface area contributed by atoms with Crippen molar-refractivity contribution in [1.29, 1.82) is 0 Å². The highest BCUT2D eigenvalue weighted by molar-refractivity contribution is 5.90. The zero-order chi connectivity index (χ0) is 19.6. The Kier molecular flexibility index (Phi) is 4.76. The number of carboxylic acid groups (broad SMARTS) is 1. The standard InChI is InChI=1S/C18H13F3N4O2/c1-10-7-13(24-17(26)27)15(11-5-3-2-4-6-11)25-14(10)12-8-22-16(23-9-12)18(19,20)21/h2-9,24H,1H3,(H,26,27). The lowest BCUT2D eigenvalue weighted by Crippen LogP contribution is -2.11. The van der Waals surface area contributed by atoms with Crippen LogP contribution in [0.15, 0.2) is 48.8 Å². The van der Waals surface area contributed by atoms with Crippen LogP contribution >= 0.6 is 0 Å². The molecule has 0 spiro atoms. The number of aromatic nitrogens is 3. The van der Waals surface area contributed by atoms with Crippen molar-refractivity contribution in [3.63, 3.8) is 0 Å². The van der Waals surface area contributed by atoms with Gasteiger partial charge in [0.1, 0.15) is 0 Å². The topological polar surface area (TPSA) is 88.0 Å². The van der Waals surface area contributed by atoms with Crippen molar-refractivity contribution in [1.82, 2.24) is 15.0 Å². The number of halogens is 3. The summed E-state index contributed by atoms with van der Waals surface area (Å²) in [4.78, 5) is 22.3. The van der Waals surface area contributed by atoms with Crippen LogP contribution in [0.2, 0.25) is 0 Å². The van der Waals surface area contributed by atoms with E-state index in [0.717, 1.165) is 12.4 Å². The summed E-state index contributed by atoms with van der Waals surface area (Å²) in [5, 5.41) is 11.4. The van der Waals surface area contributed by atoms with Gasteiger partial charge in [-0.25, -0.2) is 19.7 Å². The minimum atomic E-state index is -4.63. The number of hydrogen-bond acceptors (Lipinski definition) is 4. The van der Waals surface area contributed by atoms with E-state index in [4.69, 9.17) is 5.11 Å². The zero-order valence-electron chi connectivity index (χ0n) is 13.9. The smallest absolute Gasteiger partial charge is 0.451 e. The summed E-state index contributed by atoms with van der Waals surface area (Å²) in [6, 6.07) is 10.4. The maximum Gasteiger partial charge on any atom is 0.451 e. The third-order valence-corrected chi connectivity index (χ3v) is 3.68. The third-order valence-electron chi connectivity index (χ3n) is 3.68. The van der Waals surface area contributed by atoms with Crippen LogP contribution in [0.4, 0.5) is 23.7 Å². The number of amides is 1. The molecule has 9 heteroatoms. The van der Waals surface area contributed by atoms with Gasteiger partial charge in [0.25, 0.3) is 0 Å². The number of pyridine rings is 1. The second-order valence-electron chi connectivity index (χ2n) is 5.64. The first-order valence-corrected chi connectivity index (χ1v) is 7.72. The third kappa shape index (κ3) is 4.02. The molecular formula is C18H13F3N4O2. The van der Waals surface area contributed by atoms with Crippen molar-refractivity contribution >= 4 is 11.8 Å². The molecule has 3 rings (SSSR count). The second-order valence-corrected chi connectivity index (χ2v) is 5.64. The van der Waals surface area contributed by atoms with Crippen molar-refractivity contribution < 1.29 is 23.1 Å². The fourth-order valence-corrected chi connectivity index (χ4v) is 2.53. The molecule has 0 saturated carbocycles. The van der Waals surface area contributed by atoms with Gasteiger partial charge in [0, 0.05) is 23.5 Å². The minimum Gasteiger partial charge on any atom is -0.465 e. The Morgan fingerprint density at radius 3 is 2.22 bits per heavy atom. The first-order chi connectivity index (χ1) is 12.8. The number of carbonyl (C=O) groups is 1. The molecule has 138 valence electrons. The fourth-order valence-electron chi connectivity index (χ4n) is 2.53. The average Bonchev–Trinajstić information content (AvgIpc) is 2.61. The minimum absolute atomic E-state index is 0.266. The highest BCUT2D eigenvalue weighted by Crippen LogP contribution is 2.33. The molecule has 6 nitrogen and oxygen atoms in total. The molecular weight excluding hydrogens is 361 g/mol. The zero-order valence-corrected chi connectivity index (χ0v) is 13.9. The van der Waals surface area contributed by atoms with Gasteiger partial charge in [-0.05, 0) is 18.6 Å². The van der Waals surface area contributed by atoms with Gasteiger partial charge >= 0.3 is 12.3 Å². The van der Waals surface area contributed by atoms with Crippen molar-refractivity contribution in [3.8, 4) is 22.5 Å². The van der Waals surface area contributed by atoms with Gasteiger partial charge in [0.05, 0.1) is 17.1 Å². The Labute approximate surface area is 151 Å². The number of nitrogens with zero attached hydrogens (tertiary/aromatic N) is 3. The van der Waals surface area contributed by atoms with Gasteiger partial charge in [-0.2, -0.15) is 13.2 Å². The van der Waals surface area contributed by atoms with Crippen LogP contribution in [-0.4, -0.2) is 26.2 Å². The highest BCUT2D eigenvalue weighted by Gasteiger charge is 2.34. The Hall–Kier alpha value is -3.49. The summed E-state index contributed by atoms with van der Waals surface area (Å²) in [6.07, 6.45) is -3.79. The Balaban J connectivity index is 2.13. The van der Waals surface area contributed by atoms with Crippen LogP contribution in [0, 0.1) is 6.92 Å². The molecule has 3 aromatic rings. The van der Waals surface area contributed by atoms with Gasteiger partial charge in [-0.1, -0.05) is 30.3 Å². The van der Waals surface area contributed by atoms with Crippen molar-refractivity contribution in [2.45, 2.75) is 13.1 Å². The maximum atomic E-state index is 12.7. The summed E-state index contributed by atoms with van der Waals surface area (Å²) < 4.78 is 38.0. The fraction of sp³-hybridized carbons (Fsp3) is 0.111. The highest BCUT2D eigenvalue weighted by atomic mass is 19.4. The summed E-state index contributed by atoms with van der Waals surface area (Å²) in [5.41, 5.74) is 2.47. The van der Waals surface area contributed by atoms with E-state index >= 15 is 0 Å². The molecule has 0 aliphatic carbocycles. The Morgan fingerprint density at radius 1 is 1.04 bits per heavy atom. The predicted molar refractivity (Wildman–Crippen MR) is 92.1 cm³/mol. The normalized spacial score (nSPS) is 11.3. The van der Waals surface area contributed by atoms with E-state index in [0.29, 0.717) is 28.1 Å². The lowest BCUT2D eigenvalue weighted by Gasteiger charge is -2.14. The second kappa shape index (κ2) is 7.02. The molecule has 0 aliphatic rings. The van der Waals surface area contributed by atoms with Crippen LogP contribution in [0.3, 0.4) is 0 Å². The molecule has 0 atom stereocenters. The lowest BCUT2D eigenvalue weighted by molar-refractivity contribution is -0.144. The molecule has 2 heterocycles. The Bertz CT molecular complexity index is 974. The molecule has 0 radical (unpaired) electrons. The van der Waals surface area contributed by atoms with Gasteiger partial charge in [-0.3, -0.25) is 5.32 Å². The van der Waals surface area contributed by atoms with E-state index in [-0.39, 0.29) is 5.69 Å². The van der Waals surface area contributed by atoms with E-state index < -0.39 is 18.1 Å². The van der Waals surface area contributed by atoms with E-state index in [1.807, 2.05) is 0 Å². The summed E-state index contributed by atoms with van der Waals surface area (Å²) in [5.74, 6) is -1.24. The molecule has 2 N–H and O–H groups in total. The monoisotopic (exact) mass is 374 g/mol. The SMILES string of the molecule is Cc1cc(NC(=O)O)c(-c2ccccc2)nc1-c1cnc(C(F)(F)F)nc1. The van der Waals surface area contributed by atoms with E-state index in [1.54, 1.807) is 43.3 Å². The molecule has 0 bridgehead atoms. The average molecular weight is 374 g/mol. The van der Waals surface area contributed by atoms with Gasteiger partial charge in [0.15, 0.2) is 0 Å². The van der Waals surface area contributed by atoms with E-state index in [9.17, 15) is 18.0 Å². The number of hydrogen-bond donors (Lipinski definition) is 2. The van der Waals surface area contributed by atoms with Crippen LogP contribution in [0.1, 0.15) is 11.4 Å². The molecule has 0 aliphatic heterocycles. The summed E-state index contributed by atoms with van der Waals surface area (Å²) in [6.45, 7) is 1.67. The molecule has 0 fully saturated rings. The number of nitrogens with one attached hydrogen (secondary N) is 1. The molecule has 0 unspecified atom stereocenters. The largest absolute Gasteiger partial charge is 0.465 e. The van der Waals surface area contributed by atoms with Crippen molar-refractivity contribution in [2.24, 2.45) is 0 Å². The number of anilines is 1. The van der Waals surface area contributed by atoms with Gasteiger partial charge in [-0.15, -0.1) is 0 Å². The van der Waals surface area contributed by atoms with E-state index in [2.05, 4.69) is 20.3 Å².